The summed E-state index contributed by atoms with van der Waals surface area (Å²) in [5.41, 5.74) is 8.11. The van der Waals surface area contributed by atoms with E-state index in [1.165, 1.54) is 32.1 Å². The van der Waals surface area contributed by atoms with E-state index < -0.39 is 0 Å². The first-order chi connectivity index (χ1) is 10.2. The van der Waals surface area contributed by atoms with Crippen LogP contribution < -0.4 is 16.0 Å². The van der Waals surface area contributed by atoms with Crippen molar-refractivity contribution >= 4 is 17.3 Å². The highest BCUT2D eigenvalue weighted by Crippen LogP contribution is 2.33. The summed E-state index contributed by atoms with van der Waals surface area (Å²) in [4.78, 5) is 14.6. The van der Waals surface area contributed by atoms with E-state index in [0.717, 1.165) is 24.5 Å². The number of anilines is 2. The molecule has 1 saturated heterocycles. The molecule has 4 heteroatoms. The molecule has 2 aliphatic rings. The zero-order chi connectivity index (χ0) is 14.7. The smallest absolute Gasteiger partial charge is 0.225 e. The first kappa shape index (κ1) is 14.4. The van der Waals surface area contributed by atoms with Gasteiger partial charge in [0.15, 0.2) is 0 Å². The van der Waals surface area contributed by atoms with Crippen molar-refractivity contribution in [2.75, 3.05) is 23.3 Å². The number of nitrogens with two attached hydrogens (primary N) is 1. The van der Waals surface area contributed by atoms with Crippen LogP contribution in [0.25, 0.3) is 0 Å². The third-order valence-electron chi connectivity index (χ3n) is 4.52. The summed E-state index contributed by atoms with van der Waals surface area (Å²) in [5.74, 6) is 0.604. The summed E-state index contributed by atoms with van der Waals surface area (Å²) in [5, 5.41) is 3.06. The molecule has 4 nitrogen and oxygen atoms in total. The first-order valence-electron chi connectivity index (χ1n) is 8.13. The molecule has 1 heterocycles. The van der Waals surface area contributed by atoms with Gasteiger partial charge in [0.05, 0.1) is 11.4 Å². The van der Waals surface area contributed by atoms with Gasteiger partial charge < -0.3 is 16.0 Å². The Morgan fingerprint density at radius 3 is 2.67 bits per heavy atom. The maximum Gasteiger partial charge on any atom is 0.225 e. The SMILES string of the molecule is NC(CC(=O)Nc1ccccc1N1CCCCC1)C1CC1. The molecule has 3 rings (SSSR count). The Balaban J connectivity index is 1.65. The molecule has 0 bridgehead atoms. The minimum absolute atomic E-state index is 0.0205. The molecule has 1 aromatic rings. The van der Waals surface area contributed by atoms with Crippen LogP contribution in [0.5, 0.6) is 0 Å². The summed E-state index contributed by atoms with van der Waals surface area (Å²) in [6, 6.07) is 8.12. The van der Waals surface area contributed by atoms with Crippen LogP contribution in [0.2, 0.25) is 0 Å². The monoisotopic (exact) mass is 287 g/mol. The van der Waals surface area contributed by atoms with Crippen molar-refractivity contribution in [2.45, 2.75) is 44.6 Å². The van der Waals surface area contributed by atoms with Crippen LogP contribution in [-0.4, -0.2) is 25.0 Å². The van der Waals surface area contributed by atoms with Gasteiger partial charge in [0.1, 0.15) is 0 Å². The topological polar surface area (TPSA) is 58.4 Å². The van der Waals surface area contributed by atoms with Gasteiger partial charge in [-0.3, -0.25) is 4.79 Å². The second-order valence-electron chi connectivity index (χ2n) is 6.32. The Morgan fingerprint density at radius 1 is 1.24 bits per heavy atom. The van der Waals surface area contributed by atoms with Gasteiger partial charge in [-0.25, -0.2) is 0 Å². The molecule has 0 radical (unpaired) electrons. The Morgan fingerprint density at radius 2 is 1.95 bits per heavy atom. The third kappa shape index (κ3) is 3.76. The lowest BCUT2D eigenvalue weighted by Crippen LogP contribution is -2.31. The summed E-state index contributed by atoms with van der Waals surface area (Å²) in [6.07, 6.45) is 6.56. The first-order valence-corrected chi connectivity index (χ1v) is 8.13. The number of benzene rings is 1. The molecular weight excluding hydrogens is 262 g/mol. The summed E-state index contributed by atoms with van der Waals surface area (Å²) >= 11 is 0. The molecule has 1 aromatic carbocycles. The van der Waals surface area contributed by atoms with Crippen molar-refractivity contribution < 1.29 is 4.79 Å². The maximum atomic E-state index is 12.2. The van der Waals surface area contributed by atoms with Crippen molar-refractivity contribution in [3.8, 4) is 0 Å². The molecular formula is C17H25N3O. The lowest BCUT2D eigenvalue weighted by atomic mass is 10.1. The maximum absolute atomic E-state index is 12.2. The molecule has 0 aromatic heterocycles. The summed E-state index contributed by atoms with van der Waals surface area (Å²) < 4.78 is 0. The van der Waals surface area contributed by atoms with Crippen LogP contribution in [0.3, 0.4) is 0 Å². The Kier molecular flexibility index (Phi) is 4.44. The van der Waals surface area contributed by atoms with E-state index in [4.69, 9.17) is 5.73 Å². The fraction of sp³-hybridized carbons (Fsp3) is 0.588. The largest absolute Gasteiger partial charge is 0.370 e. The van der Waals surface area contributed by atoms with Gasteiger partial charge in [0.2, 0.25) is 5.91 Å². The average Bonchev–Trinajstić information content (AvgIpc) is 3.33. The van der Waals surface area contributed by atoms with Gasteiger partial charge in [-0.15, -0.1) is 0 Å². The Hall–Kier alpha value is -1.55. The third-order valence-corrected chi connectivity index (χ3v) is 4.52. The summed E-state index contributed by atoms with van der Waals surface area (Å²) in [6.45, 7) is 2.16. The van der Waals surface area contributed by atoms with Crippen molar-refractivity contribution in [2.24, 2.45) is 11.7 Å². The number of hydrogen-bond acceptors (Lipinski definition) is 3. The number of carbonyl (C=O) groups is 1. The lowest BCUT2D eigenvalue weighted by Gasteiger charge is -2.30. The van der Waals surface area contributed by atoms with Gasteiger partial charge >= 0.3 is 0 Å². The number of nitrogens with zero attached hydrogens (tertiary/aromatic N) is 1. The molecule has 1 aliphatic heterocycles. The van der Waals surface area contributed by atoms with Crippen LogP contribution in [0, 0.1) is 5.92 Å². The highest BCUT2D eigenvalue weighted by atomic mass is 16.1. The van der Waals surface area contributed by atoms with E-state index in [9.17, 15) is 4.79 Å². The average molecular weight is 287 g/mol. The molecule has 21 heavy (non-hydrogen) atoms. The van der Waals surface area contributed by atoms with Gasteiger partial charge in [-0.1, -0.05) is 12.1 Å². The molecule has 1 atom stereocenters. The molecule has 1 aliphatic carbocycles. The van der Waals surface area contributed by atoms with E-state index in [1.54, 1.807) is 0 Å². The van der Waals surface area contributed by atoms with Crippen molar-refractivity contribution in [1.29, 1.82) is 0 Å². The number of amides is 1. The molecule has 3 N–H and O–H groups in total. The Bertz CT molecular complexity index is 493. The molecule has 1 unspecified atom stereocenters. The fourth-order valence-electron chi connectivity index (χ4n) is 3.10. The predicted octanol–water partition coefficient (Wildman–Crippen LogP) is 2.74. The van der Waals surface area contributed by atoms with Crippen LogP contribution in [0.15, 0.2) is 24.3 Å². The van der Waals surface area contributed by atoms with E-state index in [2.05, 4.69) is 16.3 Å². The lowest BCUT2D eigenvalue weighted by molar-refractivity contribution is -0.116. The molecule has 1 saturated carbocycles. The molecule has 1 amide bonds. The van der Waals surface area contributed by atoms with Gasteiger partial charge in [0.25, 0.3) is 0 Å². The van der Waals surface area contributed by atoms with E-state index >= 15 is 0 Å². The van der Waals surface area contributed by atoms with Crippen molar-refractivity contribution in [3.63, 3.8) is 0 Å². The van der Waals surface area contributed by atoms with Gasteiger partial charge in [-0.2, -0.15) is 0 Å². The van der Waals surface area contributed by atoms with Crippen molar-refractivity contribution in [3.05, 3.63) is 24.3 Å². The van der Waals surface area contributed by atoms with Gasteiger partial charge in [0, 0.05) is 25.6 Å². The minimum Gasteiger partial charge on any atom is -0.370 e. The number of carbonyl (C=O) groups excluding carboxylic acids is 1. The van der Waals surface area contributed by atoms with Crippen molar-refractivity contribution in [1.82, 2.24) is 0 Å². The van der Waals surface area contributed by atoms with Crippen LogP contribution >= 0.6 is 0 Å². The number of hydrogen-bond donors (Lipinski definition) is 2. The highest BCUT2D eigenvalue weighted by molar-refractivity contribution is 5.94. The number of piperidine rings is 1. The van der Waals surface area contributed by atoms with Crippen LogP contribution in [-0.2, 0) is 4.79 Å². The minimum atomic E-state index is 0.0205. The summed E-state index contributed by atoms with van der Waals surface area (Å²) in [7, 11) is 0. The molecule has 2 fully saturated rings. The standard InChI is InChI=1S/C17H25N3O/c18-14(13-8-9-13)12-17(21)19-15-6-2-3-7-16(15)20-10-4-1-5-11-20/h2-3,6-7,13-14H,1,4-5,8-12,18H2,(H,19,21). The second kappa shape index (κ2) is 6.48. The molecule has 0 spiro atoms. The van der Waals surface area contributed by atoms with E-state index in [1.807, 2.05) is 18.2 Å². The Labute approximate surface area is 126 Å². The normalized spacial score (nSPS) is 20.1. The zero-order valence-electron chi connectivity index (χ0n) is 12.6. The van der Waals surface area contributed by atoms with Crippen LogP contribution in [0.4, 0.5) is 11.4 Å². The quantitative estimate of drug-likeness (QED) is 0.875. The van der Waals surface area contributed by atoms with Gasteiger partial charge in [-0.05, 0) is 50.2 Å². The van der Waals surface area contributed by atoms with E-state index in [-0.39, 0.29) is 11.9 Å². The number of nitrogens with one attached hydrogen (secondary N) is 1. The number of para-hydroxylation sites is 2. The highest BCUT2D eigenvalue weighted by Gasteiger charge is 2.30. The van der Waals surface area contributed by atoms with Crippen LogP contribution in [0.1, 0.15) is 38.5 Å². The fourth-order valence-corrected chi connectivity index (χ4v) is 3.10. The second-order valence-corrected chi connectivity index (χ2v) is 6.32. The zero-order valence-corrected chi connectivity index (χ0v) is 12.6. The number of rotatable bonds is 5. The van der Waals surface area contributed by atoms with E-state index in [0.29, 0.717) is 12.3 Å². The molecule has 114 valence electrons. The predicted molar refractivity (Wildman–Crippen MR) is 86.5 cm³/mol.